The quantitative estimate of drug-likeness (QED) is 0.139. The van der Waals surface area contributed by atoms with Crippen molar-refractivity contribution in [2.75, 3.05) is 19.1 Å². The maximum absolute atomic E-state index is 5.43. The van der Waals surface area contributed by atoms with Gasteiger partial charge in [-0.3, -0.25) is 0 Å². The van der Waals surface area contributed by atoms with E-state index in [2.05, 4.69) is 181 Å². The molecule has 0 saturated heterocycles. The van der Waals surface area contributed by atoms with Crippen LogP contribution in [0.25, 0.3) is 66.7 Å². The van der Waals surface area contributed by atoms with Crippen molar-refractivity contribution in [3.8, 4) is 33.8 Å². The van der Waals surface area contributed by atoms with Crippen molar-refractivity contribution in [3.05, 3.63) is 199 Å². The van der Waals surface area contributed by atoms with E-state index in [9.17, 15) is 0 Å². The SMILES string of the molecule is COc1ccc(N(c2ccc(C=Cc3ccc(-c4ccc(-c5cccc6ccccc56)c5ccccc45)c4ccccc34)cc2)c2ccc(OC)cc2)cc1. The zero-order valence-electron chi connectivity index (χ0n) is 30.8. The van der Waals surface area contributed by atoms with Crippen LogP contribution in [-0.4, -0.2) is 14.2 Å². The molecule has 9 aromatic rings. The average Bonchev–Trinajstić information content (AvgIpc) is 3.26. The summed E-state index contributed by atoms with van der Waals surface area (Å²) in [6.45, 7) is 0. The van der Waals surface area contributed by atoms with E-state index >= 15 is 0 Å². The second-order valence-electron chi connectivity index (χ2n) is 13.6. The fraction of sp³-hybridized carbons (Fsp3) is 0.0385. The molecule has 0 heterocycles. The summed E-state index contributed by atoms with van der Waals surface area (Å²) >= 11 is 0. The molecule has 0 spiro atoms. The predicted octanol–water partition coefficient (Wildman–Crippen LogP) is 14.1. The number of hydrogen-bond acceptors (Lipinski definition) is 3. The lowest BCUT2D eigenvalue weighted by atomic mass is 9.88. The van der Waals surface area contributed by atoms with Gasteiger partial charge in [-0.25, -0.2) is 0 Å². The lowest BCUT2D eigenvalue weighted by Crippen LogP contribution is -2.09. The van der Waals surface area contributed by atoms with Crippen molar-refractivity contribution >= 4 is 61.5 Å². The summed E-state index contributed by atoms with van der Waals surface area (Å²) in [7, 11) is 3.38. The van der Waals surface area contributed by atoms with E-state index in [1.165, 1.54) is 60.1 Å². The van der Waals surface area contributed by atoms with E-state index in [0.29, 0.717) is 0 Å². The molecule has 9 rings (SSSR count). The first-order valence-corrected chi connectivity index (χ1v) is 18.6. The second-order valence-corrected chi connectivity index (χ2v) is 13.6. The van der Waals surface area contributed by atoms with E-state index in [1.54, 1.807) is 14.2 Å². The fourth-order valence-electron chi connectivity index (χ4n) is 7.76. The molecule has 9 aromatic carbocycles. The molecule has 0 atom stereocenters. The Balaban J connectivity index is 1.05. The van der Waals surface area contributed by atoms with Gasteiger partial charge in [-0.15, -0.1) is 0 Å². The van der Waals surface area contributed by atoms with Crippen molar-refractivity contribution in [1.29, 1.82) is 0 Å². The van der Waals surface area contributed by atoms with Gasteiger partial charge < -0.3 is 14.4 Å². The summed E-state index contributed by atoms with van der Waals surface area (Å²) in [5.41, 5.74) is 10.4. The van der Waals surface area contributed by atoms with E-state index in [4.69, 9.17) is 9.47 Å². The Labute approximate surface area is 322 Å². The van der Waals surface area contributed by atoms with Crippen LogP contribution in [-0.2, 0) is 0 Å². The molecule has 55 heavy (non-hydrogen) atoms. The molecule has 264 valence electrons. The van der Waals surface area contributed by atoms with Crippen molar-refractivity contribution in [2.24, 2.45) is 0 Å². The number of hydrogen-bond donors (Lipinski definition) is 0. The number of fused-ring (bicyclic) bond motifs is 3. The maximum atomic E-state index is 5.43. The highest BCUT2D eigenvalue weighted by Gasteiger charge is 2.15. The Morgan fingerprint density at radius 1 is 0.345 bits per heavy atom. The highest BCUT2D eigenvalue weighted by atomic mass is 16.5. The number of methoxy groups -OCH3 is 2. The Morgan fingerprint density at radius 3 is 1.31 bits per heavy atom. The molecule has 0 aliphatic heterocycles. The van der Waals surface area contributed by atoms with Gasteiger partial charge in [-0.2, -0.15) is 0 Å². The molecule has 0 radical (unpaired) electrons. The summed E-state index contributed by atoms with van der Waals surface area (Å²) in [6.07, 6.45) is 4.43. The molecule has 0 amide bonds. The molecule has 0 fully saturated rings. The number of anilines is 3. The first-order chi connectivity index (χ1) is 27.2. The van der Waals surface area contributed by atoms with Crippen LogP contribution in [0.3, 0.4) is 0 Å². The van der Waals surface area contributed by atoms with E-state index in [1.807, 2.05) is 24.3 Å². The van der Waals surface area contributed by atoms with Crippen molar-refractivity contribution in [1.82, 2.24) is 0 Å². The summed E-state index contributed by atoms with van der Waals surface area (Å²) in [6, 6.07) is 66.9. The van der Waals surface area contributed by atoms with E-state index in [-0.39, 0.29) is 0 Å². The largest absolute Gasteiger partial charge is 0.497 e. The van der Waals surface area contributed by atoms with Crippen molar-refractivity contribution in [2.45, 2.75) is 0 Å². The van der Waals surface area contributed by atoms with Crippen LogP contribution in [0.5, 0.6) is 11.5 Å². The van der Waals surface area contributed by atoms with Gasteiger partial charge >= 0.3 is 0 Å². The number of ether oxygens (including phenoxy) is 2. The van der Waals surface area contributed by atoms with Gasteiger partial charge in [-0.05, 0) is 126 Å². The smallest absolute Gasteiger partial charge is 0.119 e. The number of rotatable bonds is 9. The van der Waals surface area contributed by atoms with Crippen LogP contribution in [0.2, 0.25) is 0 Å². The van der Waals surface area contributed by atoms with Crippen molar-refractivity contribution in [3.63, 3.8) is 0 Å². The Bertz CT molecular complexity index is 2770. The van der Waals surface area contributed by atoms with Gasteiger partial charge in [0, 0.05) is 17.1 Å². The molecule has 0 bridgehead atoms. The molecule has 0 aliphatic carbocycles. The minimum atomic E-state index is 0.822. The summed E-state index contributed by atoms with van der Waals surface area (Å²) in [4.78, 5) is 2.23. The zero-order chi connectivity index (χ0) is 37.1. The summed E-state index contributed by atoms with van der Waals surface area (Å²) in [5, 5.41) is 7.48. The highest BCUT2D eigenvalue weighted by Crippen LogP contribution is 2.41. The van der Waals surface area contributed by atoms with E-state index < -0.39 is 0 Å². The number of benzene rings is 9. The van der Waals surface area contributed by atoms with Crippen LogP contribution in [0, 0.1) is 0 Å². The monoisotopic (exact) mass is 709 g/mol. The highest BCUT2D eigenvalue weighted by molar-refractivity contribution is 6.13. The van der Waals surface area contributed by atoms with Gasteiger partial charge in [0.15, 0.2) is 0 Å². The van der Waals surface area contributed by atoms with Gasteiger partial charge in [0.2, 0.25) is 0 Å². The first kappa shape index (κ1) is 33.7. The molecule has 0 N–H and O–H groups in total. The third-order valence-electron chi connectivity index (χ3n) is 10.5. The zero-order valence-corrected chi connectivity index (χ0v) is 30.8. The molecule has 3 nitrogen and oxygen atoms in total. The van der Waals surface area contributed by atoms with Crippen LogP contribution in [0.1, 0.15) is 11.1 Å². The lowest BCUT2D eigenvalue weighted by molar-refractivity contribution is 0.415. The van der Waals surface area contributed by atoms with Gasteiger partial charge in [0.25, 0.3) is 0 Å². The van der Waals surface area contributed by atoms with Crippen molar-refractivity contribution < 1.29 is 9.47 Å². The average molecular weight is 710 g/mol. The summed E-state index contributed by atoms with van der Waals surface area (Å²) in [5.74, 6) is 1.64. The van der Waals surface area contributed by atoms with E-state index in [0.717, 1.165) is 34.1 Å². The second kappa shape index (κ2) is 14.7. The fourth-order valence-corrected chi connectivity index (χ4v) is 7.76. The Kier molecular flexibility index (Phi) is 9.03. The van der Waals surface area contributed by atoms with Gasteiger partial charge in [-0.1, -0.05) is 140 Å². The normalized spacial score (nSPS) is 11.4. The first-order valence-electron chi connectivity index (χ1n) is 18.6. The van der Waals surface area contributed by atoms with Gasteiger partial charge in [0.05, 0.1) is 14.2 Å². The standard InChI is InChI=1S/C52H39NO2/c1-54-42-29-25-40(26-30-42)53(41-27-31-43(55-2)32-28-41)39-23-19-36(20-24-39)18-21-38-22-33-50(46-14-6-5-13-45(38)46)52-35-34-51(48-15-7-8-16-49(48)52)47-17-9-11-37-10-3-4-12-44(37)47/h3-35H,1-2H3. The Morgan fingerprint density at radius 2 is 0.764 bits per heavy atom. The molecule has 0 saturated carbocycles. The van der Waals surface area contributed by atoms with Crippen LogP contribution >= 0.6 is 0 Å². The van der Waals surface area contributed by atoms with Crippen LogP contribution in [0.4, 0.5) is 17.1 Å². The molecule has 0 aliphatic rings. The molecule has 0 aromatic heterocycles. The van der Waals surface area contributed by atoms with Gasteiger partial charge in [0.1, 0.15) is 11.5 Å². The third-order valence-corrected chi connectivity index (χ3v) is 10.5. The topological polar surface area (TPSA) is 21.7 Å². The number of nitrogens with zero attached hydrogens (tertiary/aromatic N) is 1. The van der Waals surface area contributed by atoms with Crippen LogP contribution < -0.4 is 14.4 Å². The molecular formula is C52H39NO2. The molecule has 0 unspecified atom stereocenters. The minimum absolute atomic E-state index is 0.822. The lowest BCUT2D eigenvalue weighted by Gasteiger charge is -2.26. The maximum Gasteiger partial charge on any atom is 0.119 e. The predicted molar refractivity (Wildman–Crippen MR) is 233 cm³/mol. The molecular weight excluding hydrogens is 671 g/mol. The van der Waals surface area contributed by atoms with Crippen LogP contribution in [0.15, 0.2) is 188 Å². The summed E-state index contributed by atoms with van der Waals surface area (Å²) < 4.78 is 10.9. The third kappa shape index (κ3) is 6.47. The minimum Gasteiger partial charge on any atom is -0.497 e. The molecule has 3 heteroatoms. The Hall–Kier alpha value is -7.10.